The second-order valence-corrected chi connectivity index (χ2v) is 4.54. The zero-order chi connectivity index (χ0) is 14.6. The first-order valence-corrected chi connectivity index (χ1v) is 5.96. The van der Waals surface area contributed by atoms with Crippen molar-refractivity contribution < 1.29 is 24.2 Å². The standard InChI is InChI=1S/C11H19N3O5/c1-7-8(3-4-19-7)13(2)11(18)14(5-9(12)15)6-10(16)17/h7-8H,3-6H2,1-2H3,(H2,12,15)(H,16,17). The van der Waals surface area contributed by atoms with E-state index in [0.29, 0.717) is 13.0 Å². The highest BCUT2D eigenvalue weighted by Gasteiger charge is 2.33. The molecule has 1 aliphatic rings. The van der Waals surface area contributed by atoms with Crippen LogP contribution in [0.3, 0.4) is 0 Å². The lowest BCUT2D eigenvalue weighted by Crippen LogP contribution is -2.51. The highest BCUT2D eigenvalue weighted by atomic mass is 16.5. The first kappa shape index (κ1) is 15.2. The Kier molecular flexibility index (Phi) is 5.11. The van der Waals surface area contributed by atoms with Gasteiger partial charge in [0.15, 0.2) is 0 Å². The highest BCUT2D eigenvalue weighted by molar-refractivity contribution is 5.86. The van der Waals surface area contributed by atoms with Crippen LogP contribution in [0.2, 0.25) is 0 Å². The quantitative estimate of drug-likeness (QED) is 0.673. The summed E-state index contributed by atoms with van der Waals surface area (Å²) in [7, 11) is 1.56. The van der Waals surface area contributed by atoms with Gasteiger partial charge in [-0.25, -0.2) is 4.79 Å². The minimum absolute atomic E-state index is 0.116. The van der Waals surface area contributed by atoms with Gasteiger partial charge in [0.1, 0.15) is 13.1 Å². The van der Waals surface area contributed by atoms with E-state index in [9.17, 15) is 14.4 Å². The number of amides is 3. The van der Waals surface area contributed by atoms with Crippen LogP contribution in [0.25, 0.3) is 0 Å². The number of likely N-dealkylation sites (N-methyl/N-ethyl adjacent to an activating group) is 1. The molecule has 8 heteroatoms. The summed E-state index contributed by atoms with van der Waals surface area (Å²) in [5.41, 5.74) is 5.02. The van der Waals surface area contributed by atoms with Crippen LogP contribution in [0.5, 0.6) is 0 Å². The number of carboxylic acid groups (broad SMARTS) is 1. The Labute approximate surface area is 111 Å². The zero-order valence-electron chi connectivity index (χ0n) is 11.0. The Morgan fingerprint density at radius 1 is 1.37 bits per heavy atom. The van der Waals surface area contributed by atoms with Gasteiger partial charge in [-0.15, -0.1) is 0 Å². The number of hydrogen-bond acceptors (Lipinski definition) is 4. The predicted molar refractivity (Wildman–Crippen MR) is 65.4 cm³/mol. The second kappa shape index (κ2) is 6.37. The minimum Gasteiger partial charge on any atom is -0.480 e. The predicted octanol–water partition coefficient (Wildman–Crippen LogP) is -0.912. The van der Waals surface area contributed by atoms with Crippen LogP contribution in [-0.2, 0) is 14.3 Å². The molecule has 0 aromatic carbocycles. The third kappa shape index (κ3) is 4.09. The Morgan fingerprint density at radius 2 is 2.00 bits per heavy atom. The summed E-state index contributed by atoms with van der Waals surface area (Å²) >= 11 is 0. The number of carbonyl (C=O) groups excluding carboxylic acids is 2. The maximum absolute atomic E-state index is 12.2. The van der Waals surface area contributed by atoms with Gasteiger partial charge in [0, 0.05) is 13.7 Å². The number of ether oxygens (including phenoxy) is 1. The van der Waals surface area contributed by atoms with Crippen LogP contribution >= 0.6 is 0 Å². The van der Waals surface area contributed by atoms with Gasteiger partial charge in [-0.2, -0.15) is 0 Å². The number of nitrogens with two attached hydrogens (primary N) is 1. The lowest BCUT2D eigenvalue weighted by molar-refractivity contribution is -0.138. The smallest absolute Gasteiger partial charge is 0.323 e. The number of carbonyl (C=O) groups is 3. The fourth-order valence-electron chi connectivity index (χ4n) is 2.14. The molecule has 1 heterocycles. The van der Waals surface area contributed by atoms with Crippen LogP contribution in [0.15, 0.2) is 0 Å². The molecular formula is C11H19N3O5. The molecule has 108 valence electrons. The van der Waals surface area contributed by atoms with Gasteiger partial charge in [-0.05, 0) is 13.3 Å². The van der Waals surface area contributed by atoms with Crippen molar-refractivity contribution >= 4 is 17.9 Å². The first-order chi connectivity index (χ1) is 8.82. The molecule has 2 atom stereocenters. The summed E-state index contributed by atoms with van der Waals surface area (Å²) in [6, 6.07) is -0.666. The molecule has 3 amide bonds. The molecule has 19 heavy (non-hydrogen) atoms. The first-order valence-electron chi connectivity index (χ1n) is 5.96. The largest absolute Gasteiger partial charge is 0.480 e. The fourth-order valence-corrected chi connectivity index (χ4v) is 2.14. The summed E-state index contributed by atoms with van der Waals surface area (Å²) in [6.45, 7) is 1.42. The van der Waals surface area contributed by atoms with Crippen LogP contribution in [0.1, 0.15) is 13.3 Å². The molecule has 0 aromatic heterocycles. The summed E-state index contributed by atoms with van der Waals surface area (Å²) in [6.07, 6.45) is 0.565. The number of aliphatic carboxylic acids is 1. The van der Waals surface area contributed by atoms with Crippen molar-refractivity contribution in [3.63, 3.8) is 0 Å². The topological polar surface area (TPSA) is 113 Å². The molecule has 0 saturated carbocycles. The fraction of sp³-hybridized carbons (Fsp3) is 0.727. The van der Waals surface area contributed by atoms with E-state index >= 15 is 0 Å². The molecule has 1 rings (SSSR count). The van der Waals surface area contributed by atoms with Gasteiger partial charge in [0.25, 0.3) is 0 Å². The van der Waals surface area contributed by atoms with Crippen molar-refractivity contribution in [2.45, 2.75) is 25.5 Å². The van der Waals surface area contributed by atoms with Gasteiger partial charge >= 0.3 is 12.0 Å². The van der Waals surface area contributed by atoms with E-state index in [1.807, 2.05) is 6.92 Å². The van der Waals surface area contributed by atoms with Crippen LogP contribution in [0.4, 0.5) is 4.79 Å². The van der Waals surface area contributed by atoms with Gasteiger partial charge in [0.2, 0.25) is 5.91 Å². The summed E-state index contributed by atoms with van der Waals surface area (Å²) in [5.74, 6) is -1.95. The van der Waals surface area contributed by atoms with Crippen molar-refractivity contribution in [1.82, 2.24) is 9.80 Å². The molecule has 1 aliphatic heterocycles. The number of carboxylic acids is 1. The van der Waals surface area contributed by atoms with Gasteiger partial charge in [-0.3, -0.25) is 9.59 Å². The summed E-state index contributed by atoms with van der Waals surface area (Å²) in [5, 5.41) is 8.76. The molecule has 0 spiro atoms. The van der Waals surface area contributed by atoms with E-state index < -0.39 is 31.0 Å². The number of hydrogen-bond donors (Lipinski definition) is 2. The molecule has 8 nitrogen and oxygen atoms in total. The average molecular weight is 273 g/mol. The molecule has 0 aliphatic carbocycles. The van der Waals surface area contributed by atoms with Crippen molar-refractivity contribution in [3.05, 3.63) is 0 Å². The molecule has 3 N–H and O–H groups in total. The van der Waals surface area contributed by atoms with Gasteiger partial charge in [-0.1, -0.05) is 0 Å². The zero-order valence-corrected chi connectivity index (χ0v) is 11.0. The molecule has 1 saturated heterocycles. The number of nitrogens with zero attached hydrogens (tertiary/aromatic N) is 2. The van der Waals surface area contributed by atoms with E-state index in [2.05, 4.69) is 0 Å². The van der Waals surface area contributed by atoms with Gasteiger partial charge < -0.3 is 25.4 Å². The minimum atomic E-state index is -1.20. The average Bonchev–Trinajstić information content (AvgIpc) is 2.71. The van der Waals surface area contributed by atoms with E-state index in [1.165, 1.54) is 4.90 Å². The Morgan fingerprint density at radius 3 is 2.42 bits per heavy atom. The maximum atomic E-state index is 12.2. The highest BCUT2D eigenvalue weighted by Crippen LogP contribution is 2.19. The summed E-state index contributed by atoms with van der Waals surface area (Å²) in [4.78, 5) is 36.1. The van der Waals surface area contributed by atoms with E-state index in [0.717, 1.165) is 4.90 Å². The number of primary amides is 1. The molecule has 0 bridgehead atoms. The molecular weight excluding hydrogens is 254 g/mol. The van der Waals surface area contributed by atoms with Crippen molar-refractivity contribution in [3.8, 4) is 0 Å². The van der Waals surface area contributed by atoms with E-state index in [-0.39, 0.29) is 12.1 Å². The normalized spacial score (nSPS) is 22.0. The third-order valence-electron chi connectivity index (χ3n) is 3.08. The lowest BCUT2D eigenvalue weighted by atomic mass is 10.1. The molecule has 1 fully saturated rings. The molecule has 0 radical (unpaired) electrons. The number of urea groups is 1. The Balaban J connectivity index is 2.73. The maximum Gasteiger partial charge on any atom is 0.323 e. The number of rotatable bonds is 5. The molecule has 2 unspecified atom stereocenters. The SMILES string of the molecule is CC1OCCC1N(C)C(=O)N(CC(N)=O)CC(=O)O. The van der Waals surface area contributed by atoms with Gasteiger partial charge in [0.05, 0.1) is 12.1 Å². The third-order valence-corrected chi connectivity index (χ3v) is 3.08. The van der Waals surface area contributed by atoms with Crippen molar-refractivity contribution in [1.29, 1.82) is 0 Å². The van der Waals surface area contributed by atoms with E-state index in [4.69, 9.17) is 15.6 Å². The second-order valence-electron chi connectivity index (χ2n) is 4.54. The summed E-state index contributed by atoms with van der Waals surface area (Å²) < 4.78 is 5.36. The Bertz CT molecular complexity index is 357. The Hall–Kier alpha value is -1.83. The van der Waals surface area contributed by atoms with Crippen molar-refractivity contribution in [2.75, 3.05) is 26.7 Å². The molecule has 0 aromatic rings. The van der Waals surface area contributed by atoms with Crippen LogP contribution < -0.4 is 5.73 Å². The van der Waals surface area contributed by atoms with Crippen molar-refractivity contribution in [2.24, 2.45) is 5.73 Å². The lowest BCUT2D eigenvalue weighted by Gasteiger charge is -2.31. The van der Waals surface area contributed by atoms with Crippen LogP contribution in [0, 0.1) is 0 Å². The van der Waals surface area contributed by atoms with E-state index in [1.54, 1.807) is 7.05 Å². The van der Waals surface area contributed by atoms with Crippen LogP contribution in [-0.4, -0.2) is 71.7 Å². The monoisotopic (exact) mass is 273 g/mol.